The van der Waals surface area contributed by atoms with Gasteiger partial charge in [-0.25, -0.2) is 10.4 Å². The topological polar surface area (TPSA) is 63.6 Å². The summed E-state index contributed by atoms with van der Waals surface area (Å²) in [5.41, 5.74) is 6.46. The molecule has 0 fully saturated rings. The van der Waals surface area contributed by atoms with Gasteiger partial charge < -0.3 is 4.74 Å². The second-order valence-corrected chi connectivity index (χ2v) is 6.64. The Morgan fingerprint density at radius 1 is 1.00 bits per heavy atom. The number of nitrogens with one attached hydrogen (secondary N) is 1. The third-order valence-corrected chi connectivity index (χ3v) is 4.58. The van der Waals surface area contributed by atoms with Gasteiger partial charge in [-0.3, -0.25) is 4.79 Å². The average Bonchev–Trinajstić information content (AvgIpc) is 2.79. The van der Waals surface area contributed by atoms with Crippen molar-refractivity contribution in [2.45, 2.75) is 6.92 Å². The number of ether oxygens (including phenoxy) is 1. The van der Waals surface area contributed by atoms with Crippen LogP contribution in [0.1, 0.15) is 22.8 Å². The number of fused-ring (bicyclic) bond motifs is 1. The Morgan fingerprint density at radius 3 is 2.63 bits per heavy atom. The minimum atomic E-state index is -0.289. The molecule has 1 aromatic heterocycles. The van der Waals surface area contributed by atoms with Crippen molar-refractivity contribution in [3.8, 4) is 17.0 Å². The molecule has 4 aromatic rings. The molecule has 0 bridgehead atoms. The van der Waals surface area contributed by atoms with Crippen molar-refractivity contribution in [1.29, 1.82) is 0 Å². The van der Waals surface area contributed by atoms with Crippen LogP contribution < -0.4 is 10.2 Å². The number of nitrogens with zero attached hydrogens (tertiary/aromatic N) is 2. The van der Waals surface area contributed by atoms with Crippen LogP contribution in [0.5, 0.6) is 5.75 Å². The van der Waals surface area contributed by atoms with Gasteiger partial charge in [0, 0.05) is 10.9 Å². The Bertz CT molecular complexity index is 1200. The van der Waals surface area contributed by atoms with Crippen molar-refractivity contribution in [3.05, 3.63) is 96.1 Å². The lowest BCUT2D eigenvalue weighted by Crippen LogP contribution is -2.18. The van der Waals surface area contributed by atoms with Crippen LogP contribution in [0.15, 0.2) is 90.0 Å². The maximum atomic E-state index is 12.9. The zero-order chi connectivity index (χ0) is 20.8. The molecule has 0 atom stereocenters. The average molecular weight is 395 g/mol. The van der Waals surface area contributed by atoms with E-state index in [1.54, 1.807) is 12.3 Å². The molecule has 1 N–H and O–H groups in total. The lowest BCUT2D eigenvalue weighted by Gasteiger charge is -2.09. The van der Waals surface area contributed by atoms with Gasteiger partial charge in [-0.05, 0) is 36.8 Å². The van der Waals surface area contributed by atoms with Crippen molar-refractivity contribution in [1.82, 2.24) is 10.4 Å². The van der Waals surface area contributed by atoms with Gasteiger partial charge in [-0.15, -0.1) is 0 Å². The summed E-state index contributed by atoms with van der Waals surface area (Å²) in [6, 6.07) is 26.7. The fraction of sp³-hybridized carbons (Fsp3) is 0.0800. The van der Waals surface area contributed by atoms with E-state index < -0.39 is 0 Å². The van der Waals surface area contributed by atoms with Crippen molar-refractivity contribution in [2.24, 2.45) is 5.10 Å². The summed E-state index contributed by atoms with van der Waals surface area (Å²) >= 11 is 0. The quantitative estimate of drug-likeness (QED) is 0.366. The van der Waals surface area contributed by atoms with Gasteiger partial charge in [-0.1, -0.05) is 60.7 Å². The molecule has 0 aliphatic carbocycles. The fourth-order valence-electron chi connectivity index (χ4n) is 3.20. The first-order valence-electron chi connectivity index (χ1n) is 9.76. The van der Waals surface area contributed by atoms with Gasteiger partial charge in [0.2, 0.25) is 0 Å². The minimum absolute atomic E-state index is 0.289. The first-order chi connectivity index (χ1) is 14.7. The molecule has 148 valence electrons. The van der Waals surface area contributed by atoms with Crippen molar-refractivity contribution >= 4 is 23.0 Å². The molecule has 0 aliphatic rings. The predicted molar refractivity (Wildman–Crippen MR) is 120 cm³/mol. The highest BCUT2D eigenvalue weighted by atomic mass is 16.5. The SMILES string of the molecule is CCOc1cccc(/C=N/NC(=O)c2cc(-c3ccccc3)nc3ccccc23)c1. The Kier molecular flexibility index (Phi) is 5.80. The van der Waals surface area contributed by atoms with Gasteiger partial charge in [0.1, 0.15) is 5.75 Å². The monoisotopic (exact) mass is 395 g/mol. The third kappa shape index (κ3) is 4.36. The maximum absolute atomic E-state index is 12.9. The van der Waals surface area contributed by atoms with E-state index in [4.69, 9.17) is 9.72 Å². The Labute approximate surface area is 175 Å². The minimum Gasteiger partial charge on any atom is -0.494 e. The van der Waals surface area contributed by atoms with E-state index in [1.807, 2.05) is 85.8 Å². The summed E-state index contributed by atoms with van der Waals surface area (Å²) in [6.45, 7) is 2.53. The van der Waals surface area contributed by atoms with E-state index in [1.165, 1.54) is 0 Å². The van der Waals surface area contributed by atoms with Crippen LogP contribution in [-0.4, -0.2) is 23.7 Å². The molecular weight excluding hydrogens is 374 g/mol. The number of amides is 1. The molecule has 0 unspecified atom stereocenters. The van der Waals surface area contributed by atoms with Crippen LogP contribution >= 0.6 is 0 Å². The lowest BCUT2D eigenvalue weighted by molar-refractivity contribution is 0.0956. The molecule has 5 heteroatoms. The second kappa shape index (κ2) is 9.01. The number of hydrogen-bond donors (Lipinski definition) is 1. The summed E-state index contributed by atoms with van der Waals surface area (Å²) < 4.78 is 5.49. The third-order valence-electron chi connectivity index (χ3n) is 4.58. The fourth-order valence-corrected chi connectivity index (χ4v) is 3.20. The Morgan fingerprint density at radius 2 is 1.80 bits per heavy atom. The van der Waals surface area contributed by atoms with Crippen molar-refractivity contribution in [2.75, 3.05) is 6.61 Å². The first-order valence-corrected chi connectivity index (χ1v) is 9.76. The Balaban J connectivity index is 1.62. The second-order valence-electron chi connectivity index (χ2n) is 6.64. The maximum Gasteiger partial charge on any atom is 0.272 e. The highest BCUT2D eigenvalue weighted by Crippen LogP contribution is 2.24. The summed E-state index contributed by atoms with van der Waals surface area (Å²) in [7, 11) is 0. The highest BCUT2D eigenvalue weighted by Gasteiger charge is 2.13. The number of rotatable bonds is 6. The first kappa shape index (κ1) is 19.3. The smallest absolute Gasteiger partial charge is 0.272 e. The number of para-hydroxylation sites is 1. The summed E-state index contributed by atoms with van der Waals surface area (Å²) in [5, 5.41) is 4.91. The van der Waals surface area contributed by atoms with Crippen molar-refractivity contribution < 1.29 is 9.53 Å². The van der Waals surface area contributed by atoms with E-state index in [-0.39, 0.29) is 5.91 Å². The molecule has 0 saturated carbocycles. The van der Waals surface area contributed by atoms with Crippen molar-refractivity contribution in [3.63, 3.8) is 0 Å². The lowest BCUT2D eigenvalue weighted by atomic mass is 10.0. The van der Waals surface area contributed by atoms with E-state index >= 15 is 0 Å². The predicted octanol–water partition coefficient (Wildman–Crippen LogP) is 5.06. The zero-order valence-electron chi connectivity index (χ0n) is 16.6. The molecule has 5 nitrogen and oxygen atoms in total. The van der Waals surface area contributed by atoms with Gasteiger partial charge in [0.25, 0.3) is 5.91 Å². The Hall–Kier alpha value is -3.99. The summed E-state index contributed by atoms with van der Waals surface area (Å²) in [4.78, 5) is 17.6. The van der Waals surface area contributed by atoms with Crippen LogP contribution in [0.2, 0.25) is 0 Å². The van der Waals surface area contributed by atoms with Crippen LogP contribution in [0.25, 0.3) is 22.2 Å². The molecule has 0 aliphatic heterocycles. The van der Waals surface area contributed by atoms with Gasteiger partial charge in [0.05, 0.1) is 29.6 Å². The summed E-state index contributed by atoms with van der Waals surface area (Å²) in [6.07, 6.45) is 1.60. The number of hydrogen-bond acceptors (Lipinski definition) is 4. The zero-order valence-corrected chi connectivity index (χ0v) is 16.6. The standard InChI is InChI=1S/C25H21N3O2/c1-2-30-20-12-8-9-18(15-20)17-26-28-25(29)22-16-24(19-10-4-3-5-11-19)27-23-14-7-6-13-21(22)23/h3-17H,2H2,1H3,(H,28,29)/b26-17+. The van der Waals surface area contributed by atoms with Crippen LogP contribution in [0, 0.1) is 0 Å². The number of pyridine rings is 1. The molecule has 0 saturated heterocycles. The number of aromatic nitrogens is 1. The molecule has 1 heterocycles. The largest absolute Gasteiger partial charge is 0.494 e. The van der Waals surface area contributed by atoms with Gasteiger partial charge in [0.15, 0.2) is 0 Å². The number of carbonyl (C=O) groups is 1. The number of benzene rings is 3. The molecule has 4 rings (SSSR count). The summed E-state index contributed by atoms with van der Waals surface area (Å²) in [5.74, 6) is 0.475. The van der Waals surface area contributed by atoms with E-state index in [0.717, 1.165) is 33.5 Å². The molecule has 0 radical (unpaired) electrons. The highest BCUT2D eigenvalue weighted by molar-refractivity contribution is 6.07. The molecular formula is C25H21N3O2. The van der Waals surface area contributed by atoms with Crippen LogP contribution in [0.3, 0.4) is 0 Å². The normalized spacial score (nSPS) is 11.0. The van der Waals surface area contributed by atoms with Crippen LogP contribution in [-0.2, 0) is 0 Å². The van der Waals surface area contributed by atoms with E-state index in [0.29, 0.717) is 12.2 Å². The molecule has 0 spiro atoms. The molecule has 1 amide bonds. The molecule has 3 aromatic carbocycles. The van der Waals surface area contributed by atoms with E-state index in [2.05, 4.69) is 10.5 Å². The molecule has 30 heavy (non-hydrogen) atoms. The number of carbonyl (C=O) groups excluding carboxylic acids is 1. The number of hydrazone groups is 1. The van der Waals surface area contributed by atoms with Crippen LogP contribution in [0.4, 0.5) is 0 Å². The van der Waals surface area contributed by atoms with Gasteiger partial charge in [-0.2, -0.15) is 5.10 Å². The van der Waals surface area contributed by atoms with Gasteiger partial charge >= 0.3 is 0 Å². The van der Waals surface area contributed by atoms with E-state index in [9.17, 15) is 4.79 Å².